The first-order chi connectivity index (χ1) is 13.3. The van der Waals surface area contributed by atoms with Crippen LogP contribution in [0, 0.1) is 13.8 Å². The number of methoxy groups -OCH3 is 2. The fourth-order valence-corrected chi connectivity index (χ4v) is 4.73. The Hall–Kier alpha value is -2.25. The lowest BCUT2D eigenvalue weighted by molar-refractivity contribution is 0.0819. The molecule has 0 amide bonds. The predicted molar refractivity (Wildman–Crippen MR) is 112 cm³/mol. The van der Waals surface area contributed by atoms with Gasteiger partial charge in [0.1, 0.15) is 10.6 Å². The van der Waals surface area contributed by atoms with Crippen molar-refractivity contribution in [1.29, 1.82) is 0 Å². The zero-order chi connectivity index (χ0) is 20.3. The van der Waals surface area contributed by atoms with E-state index in [9.17, 15) is 8.42 Å². The number of hydrogen-bond donors (Lipinski definition) is 1. The van der Waals surface area contributed by atoms with Gasteiger partial charge >= 0.3 is 0 Å². The predicted octanol–water partition coefficient (Wildman–Crippen LogP) is 3.73. The Labute approximate surface area is 167 Å². The van der Waals surface area contributed by atoms with Crippen LogP contribution >= 0.6 is 0 Å². The molecule has 1 saturated heterocycles. The molecule has 3 rings (SSSR count). The van der Waals surface area contributed by atoms with Gasteiger partial charge in [-0.3, -0.25) is 4.72 Å². The van der Waals surface area contributed by atoms with Crippen LogP contribution in [0.2, 0.25) is 0 Å². The molecule has 0 aliphatic carbocycles. The van der Waals surface area contributed by atoms with Gasteiger partial charge in [0.05, 0.1) is 13.2 Å². The molecule has 0 atom stereocenters. The zero-order valence-corrected chi connectivity index (χ0v) is 17.7. The highest BCUT2D eigenvalue weighted by Gasteiger charge is 2.22. The topological polar surface area (TPSA) is 67.9 Å². The molecular weight excluding hydrogens is 376 g/mol. The summed E-state index contributed by atoms with van der Waals surface area (Å²) in [7, 11) is -0.516. The van der Waals surface area contributed by atoms with Crippen LogP contribution in [-0.4, -0.2) is 41.8 Å². The Morgan fingerprint density at radius 1 is 1.00 bits per heavy atom. The van der Waals surface area contributed by atoms with E-state index in [1.54, 1.807) is 31.4 Å². The van der Waals surface area contributed by atoms with Crippen molar-refractivity contribution < 1.29 is 17.9 Å². The molecule has 1 heterocycles. The molecule has 6 nitrogen and oxygen atoms in total. The first-order valence-corrected chi connectivity index (χ1v) is 10.9. The average molecular weight is 405 g/mol. The molecule has 0 radical (unpaired) electrons. The van der Waals surface area contributed by atoms with E-state index in [1.807, 2.05) is 26.0 Å². The molecule has 1 aliphatic heterocycles. The van der Waals surface area contributed by atoms with Gasteiger partial charge in [-0.05, 0) is 74.2 Å². The summed E-state index contributed by atoms with van der Waals surface area (Å²) in [6, 6.07) is 10.9. The van der Waals surface area contributed by atoms with Gasteiger partial charge in [-0.1, -0.05) is 0 Å². The van der Waals surface area contributed by atoms with E-state index in [1.165, 1.54) is 7.11 Å². The molecule has 152 valence electrons. The second-order valence-corrected chi connectivity index (χ2v) is 8.81. The standard InChI is InChI=1S/C21H28N2O4S/c1-15-13-20(27-4)21(14-16(15)2)28(24,25)22-17-5-7-18(8-6-17)23-11-9-19(26-3)10-12-23/h5-8,13-14,19,22H,9-12H2,1-4H3. The molecule has 1 fully saturated rings. The first-order valence-electron chi connectivity index (χ1n) is 9.40. The first kappa shape index (κ1) is 20.5. The van der Waals surface area contributed by atoms with Crippen molar-refractivity contribution in [2.45, 2.75) is 37.7 Å². The van der Waals surface area contributed by atoms with E-state index in [4.69, 9.17) is 9.47 Å². The molecule has 0 bridgehead atoms. The molecule has 0 spiro atoms. The van der Waals surface area contributed by atoms with Crippen LogP contribution in [0.4, 0.5) is 11.4 Å². The van der Waals surface area contributed by atoms with Crippen molar-refractivity contribution in [2.24, 2.45) is 0 Å². The number of aryl methyl sites for hydroxylation is 2. The zero-order valence-electron chi connectivity index (χ0n) is 16.9. The summed E-state index contributed by atoms with van der Waals surface area (Å²) in [6.07, 6.45) is 2.32. The minimum atomic E-state index is -3.75. The maximum atomic E-state index is 12.9. The van der Waals surface area contributed by atoms with Crippen LogP contribution in [0.5, 0.6) is 5.75 Å². The summed E-state index contributed by atoms with van der Waals surface area (Å²) >= 11 is 0. The van der Waals surface area contributed by atoms with Crippen LogP contribution in [-0.2, 0) is 14.8 Å². The number of rotatable bonds is 6. The number of ether oxygens (including phenoxy) is 2. The van der Waals surface area contributed by atoms with Gasteiger partial charge in [-0.15, -0.1) is 0 Å². The minimum Gasteiger partial charge on any atom is -0.495 e. The Bertz CT molecular complexity index is 918. The van der Waals surface area contributed by atoms with Crippen LogP contribution < -0.4 is 14.4 Å². The summed E-state index contributed by atoms with van der Waals surface area (Å²) in [5.74, 6) is 0.341. The van der Waals surface area contributed by atoms with Gasteiger partial charge in [-0.25, -0.2) is 8.42 Å². The van der Waals surface area contributed by atoms with Crippen LogP contribution in [0.3, 0.4) is 0 Å². The molecule has 0 aromatic heterocycles. The third kappa shape index (κ3) is 4.42. The van der Waals surface area contributed by atoms with E-state index in [-0.39, 0.29) is 4.90 Å². The number of nitrogens with zero attached hydrogens (tertiary/aromatic N) is 1. The SMILES string of the molecule is COc1cc(C)c(C)cc1S(=O)(=O)Nc1ccc(N2CCC(OC)CC2)cc1. The molecule has 7 heteroatoms. The van der Waals surface area contributed by atoms with Gasteiger partial charge in [0, 0.05) is 31.6 Å². The minimum absolute atomic E-state index is 0.142. The fraction of sp³-hybridized carbons (Fsp3) is 0.429. The maximum Gasteiger partial charge on any atom is 0.265 e. The van der Waals surface area contributed by atoms with Crippen molar-refractivity contribution in [1.82, 2.24) is 0 Å². The quantitative estimate of drug-likeness (QED) is 0.795. The lowest BCUT2D eigenvalue weighted by Gasteiger charge is -2.33. The Balaban J connectivity index is 1.76. The Kier molecular flexibility index (Phi) is 6.15. The highest BCUT2D eigenvalue weighted by atomic mass is 32.2. The number of anilines is 2. The smallest absolute Gasteiger partial charge is 0.265 e. The average Bonchev–Trinajstić information content (AvgIpc) is 2.70. The fourth-order valence-electron chi connectivity index (χ4n) is 3.43. The van der Waals surface area contributed by atoms with Crippen LogP contribution in [0.25, 0.3) is 0 Å². The summed E-state index contributed by atoms with van der Waals surface area (Å²) in [4.78, 5) is 2.43. The van der Waals surface area contributed by atoms with Gasteiger partial charge < -0.3 is 14.4 Å². The normalized spacial score (nSPS) is 15.5. The van der Waals surface area contributed by atoms with Gasteiger partial charge in [0.25, 0.3) is 10.0 Å². The highest BCUT2D eigenvalue weighted by molar-refractivity contribution is 7.92. The number of nitrogens with one attached hydrogen (secondary N) is 1. The summed E-state index contributed by atoms with van der Waals surface area (Å²) in [6.45, 7) is 5.68. The van der Waals surface area contributed by atoms with Gasteiger partial charge in [0.15, 0.2) is 0 Å². The largest absolute Gasteiger partial charge is 0.495 e. The molecule has 28 heavy (non-hydrogen) atoms. The number of benzene rings is 2. The number of sulfonamides is 1. The highest BCUT2D eigenvalue weighted by Crippen LogP contribution is 2.30. The van der Waals surface area contributed by atoms with Crippen molar-refractivity contribution in [3.8, 4) is 5.75 Å². The van der Waals surface area contributed by atoms with Crippen molar-refractivity contribution in [2.75, 3.05) is 36.9 Å². The van der Waals surface area contributed by atoms with Crippen molar-refractivity contribution >= 4 is 21.4 Å². The molecule has 0 unspecified atom stereocenters. The second-order valence-electron chi connectivity index (χ2n) is 7.16. The number of hydrogen-bond acceptors (Lipinski definition) is 5. The molecule has 1 N–H and O–H groups in total. The van der Waals surface area contributed by atoms with Crippen molar-refractivity contribution in [3.63, 3.8) is 0 Å². The van der Waals surface area contributed by atoms with Crippen LogP contribution in [0.15, 0.2) is 41.3 Å². The maximum absolute atomic E-state index is 12.9. The molecule has 0 saturated carbocycles. The Morgan fingerprint density at radius 3 is 2.18 bits per heavy atom. The number of piperidine rings is 1. The Morgan fingerprint density at radius 2 is 1.61 bits per heavy atom. The van der Waals surface area contributed by atoms with E-state index >= 15 is 0 Å². The molecule has 1 aliphatic rings. The molecule has 2 aromatic rings. The monoisotopic (exact) mass is 404 g/mol. The lowest BCUT2D eigenvalue weighted by Crippen LogP contribution is -2.36. The molecule has 2 aromatic carbocycles. The van der Waals surface area contributed by atoms with Gasteiger partial charge in [0.2, 0.25) is 0 Å². The second kappa shape index (κ2) is 8.41. The molecular formula is C21H28N2O4S. The third-order valence-corrected chi connectivity index (χ3v) is 6.73. The van der Waals surface area contributed by atoms with E-state index in [0.29, 0.717) is 17.5 Å². The third-order valence-electron chi connectivity index (χ3n) is 5.33. The summed E-state index contributed by atoms with van der Waals surface area (Å²) < 4.78 is 39.1. The van der Waals surface area contributed by atoms with Crippen molar-refractivity contribution in [3.05, 3.63) is 47.5 Å². The van der Waals surface area contributed by atoms with E-state index in [0.717, 1.165) is 42.7 Å². The summed E-state index contributed by atoms with van der Waals surface area (Å²) in [5.41, 5.74) is 3.49. The summed E-state index contributed by atoms with van der Waals surface area (Å²) in [5, 5.41) is 0. The van der Waals surface area contributed by atoms with Gasteiger partial charge in [-0.2, -0.15) is 0 Å². The lowest BCUT2D eigenvalue weighted by atomic mass is 10.1. The van der Waals surface area contributed by atoms with E-state index < -0.39 is 10.0 Å². The van der Waals surface area contributed by atoms with Crippen LogP contribution in [0.1, 0.15) is 24.0 Å². The van der Waals surface area contributed by atoms with E-state index in [2.05, 4.69) is 9.62 Å².